The average Bonchev–Trinajstić information content (AvgIpc) is 2.17. The summed E-state index contributed by atoms with van der Waals surface area (Å²) in [6, 6.07) is 11.9. The second kappa shape index (κ2) is 3.11. The summed E-state index contributed by atoms with van der Waals surface area (Å²) in [5.41, 5.74) is 1.78. The van der Waals surface area contributed by atoms with Gasteiger partial charge in [0, 0.05) is 5.39 Å². The fourth-order valence-corrected chi connectivity index (χ4v) is 1.26. The number of fused-ring (bicyclic) bond motifs is 1. The van der Waals surface area contributed by atoms with Crippen LogP contribution in [0.3, 0.4) is 0 Å². The van der Waals surface area contributed by atoms with E-state index >= 15 is 0 Å². The summed E-state index contributed by atoms with van der Waals surface area (Å²) in [7, 11) is 0. The number of benzene rings is 1. The second-order valence-electron chi connectivity index (χ2n) is 2.54. The summed E-state index contributed by atoms with van der Waals surface area (Å²) in [6.07, 6.45) is 0. The van der Waals surface area contributed by atoms with Crippen LogP contribution in [0, 0.1) is 5.88 Å². The van der Waals surface area contributed by atoms with Crippen LogP contribution < -0.4 is 0 Å². The molecule has 2 rings (SSSR count). The molecule has 0 unspecified atom stereocenters. The molecule has 2 heteroatoms. The smallest absolute Gasteiger partial charge is 0.0977 e. The fraction of sp³-hybridized carbons (Fsp3) is 0. The predicted molar refractivity (Wildman–Crippen MR) is 51.0 cm³/mol. The molecule has 0 aliphatic heterocycles. The van der Waals surface area contributed by atoms with Crippen LogP contribution in [0.15, 0.2) is 36.4 Å². The van der Waals surface area contributed by atoms with Crippen LogP contribution in [-0.4, -0.2) is 4.98 Å². The fourth-order valence-electron chi connectivity index (χ4n) is 1.14. The van der Waals surface area contributed by atoms with Gasteiger partial charge in [-0.3, -0.25) is 4.98 Å². The minimum absolute atomic E-state index is 0.801. The molecule has 0 aliphatic rings. The molecule has 0 atom stereocenters. The molecule has 0 fully saturated rings. The molecule has 0 aliphatic carbocycles. The van der Waals surface area contributed by atoms with Crippen LogP contribution in [0.4, 0.5) is 0 Å². The zero-order valence-corrected chi connectivity index (χ0v) is 7.12. The highest BCUT2D eigenvalue weighted by Gasteiger charge is 1.95. The maximum Gasteiger partial charge on any atom is 0.0977 e. The van der Waals surface area contributed by atoms with Crippen LogP contribution in [0.2, 0.25) is 0 Å². The molecule has 1 radical (unpaired) electrons. The zero-order chi connectivity index (χ0) is 8.39. The standard InChI is InChI=1S/C10H7ClN/c11-7-9-6-5-8-3-1-2-4-10(8)12-9/h1-7H. The lowest BCUT2D eigenvalue weighted by Crippen LogP contribution is -1.83. The topological polar surface area (TPSA) is 12.9 Å². The Morgan fingerprint density at radius 1 is 1.08 bits per heavy atom. The highest BCUT2D eigenvalue weighted by molar-refractivity contribution is 6.24. The molecular formula is C10H7ClN. The summed E-state index contributed by atoms with van der Waals surface area (Å²) in [5, 5.41) is 1.14. The van der Waals surface area contributed by atoms with Crippen LogP contribution in [0.25, 0.3) is 10.9 Å². The van der Waals surface area contributed by atoms with Gasteiger partial charge in [0.2, 0.25) is 0 Å². The number of hydrogen-bond acceptors (Lipinski definition) is 1. The number of para-hydroxylation sites is 1. The van der Waals surface area contributed by atoms with Gasteiger partial charge in [0.1, 0.15) is 0 Å². The number of pyridine rings is 1. The molecule has 0 saturated carbocycles. The molecule has 59 valence electrons. The van der Waals surface area contributed by atoms with Crippen LogP contribution in [-0.2, 0) is 0 Å². The molecule has 1 nitrogen and oxygen atoms in total. The summed E-state index contributed by atoms with van der Waals surface area (Å²) in [4.78, 5) is 4.31. The third kappa shape index (κ3) is 1.28. The maximum absolute atomic E-state index is 5.54. The highest BCUT2D eigenvalue weighted by Crippen LogP contribution is 2.13. The summed E-state index contributed by atoms with van der Waals surface area (Å²) < 4.78 is 0. The first-order valence-corrected chi connectivity index (χ1v) is 4.13. The molecule has 12 heavy (non-hydrogen) atoms. The molecule has 0 N–H and O–H groups in total. The minimum Gasteiger partial charge on any atom is -0.251 e. The molecule has 0 saturated heterocycles. The van der Waals surface area contributed by atoms with E-state index in [1.807, 2.05) is 36.4 Å². The lowest BCUT2D eigenvalue weighted by Gasteiger charge is -1.97. The zero-order valence-electron chi connectivity index (χ0n) is 6.37. The SMILES string of the molecule is Cl[CH]c1ccc2ccccc2n1. The van der Waals surface area contributed by atoms with Crippen molar-refractivity contribution in [3.63, 3.8) is 0 Å². The van der Waals surface area contributed by atoms with Gasteiger partial charge in [-0.1, -0.05) is 24.3 Å². The number of nitrogens with zero attached hydrogens (tertiary/aromatic N) is 1. The average molecular weight is 177 g/mol. The van der Waals surface area contributed by atoms with E-state index in [1.54, 1.807) is 0 Å². The number of rotatable bonds is 1. The van der Waals surface area contributed by atoms with Gasteiger partial charge in [-0.25, -0.2) is 0 Å². The van der Waals surface area contributed by atoms with Crippen molar-refractivity contribution >= 4 is 22.5 Å². The number of hydrogen-bond donors (Lipinski definition) is 0. The van der Waals surface area contributed by atoms with Gasteiger partial charge in [-0.15, -0.1) is 11.6 Å². The van der Waals surface area contributed by atoms with E-state index in [-0.39, 0.29) is 0 Å². The first kappa shape index (κ1) is 7.56. The van der Waals surface area contributed by atoms with Crippen molar-refractivity contribution in [2.24, 2.45) is 0 Å². The maximum atomic E-state index is 5.54. The third-order valence-electron chi connectivity index (χ3n) is 1.73. The van der Waals surface area contributed by atoms with E-state index < -0.39 is 0 Å². The van der Waals surface area contributed by atoms with E-state index in [0.717, 1.165) is 16.6 Å². The number of aromatic nitrogens is 1. The van der Waals surface area contributed by atoms with Crippen LogP contribution >= 0.6 is 11.6 Å². The molecule has 1 aromatic heterocycles. The first-order valence-electron chi connectivity index (χ1n) is 3.69. The molecule has 0 amide bonds. The van der Waals surface area contributed by atoms with Crippen molar-refractivity contribution in [1.82, 2.24) is 4.98 Å². The predicted octanol–water partition coefficient (Wildman–Crippen LogP) is 2.98. The molecule has 2 aromatic rings. The first-order chi connectivity index (χ1) is 5.90. The highest BCUT2D eigenvalue weighted by atomic mass is 35.5. The molecule has 0 bridgehead atoms. The third-order valence-corrected chi connectivity index (χ3v) is 1.96. The van der Waals surface area contributed by atoms with E-state index in [1.165, 1.54) is 5.88 Å². The largest absolute Gasteiger partial charge is 0.251 e. The quantitative estimate of drug-likeness (QED) is 0.651. The van der Waals surface area contributed by atoms with Gasteiger partial charge < -0.3 is 0 Å². The Morgan fingerprint density at radius 3 is 2.75 bits per heavy atom. The van der Waals surface area contributed by atoms with Gasteiger partial charge in [-0.05, 0) is 12.1 Å². The Morgan fingerprint density at radius 2 is 1.92 bits per heavy atom. The van der Waals surface area contributed by atoms with Crippen LogP contribution in [0.1, 0.15) is 5.69 Å². The lowest BCUT2D eigenvalue weighted by molar-refractivity contribution is 1.32. The molecule has 0 spiro atoms. The van der Waals surface area contributed by atoms with Crippen molar-refractivity contribution in [1.29, 1.82) is 0 Å². The number of halogens is 1. The Balaban J connectivity index is 2.67. The monoisotopic (exact) mass is 176 g/mol. The van der Waals surface area contributed by atoms with E-state index in [9.17, 15) is 0 Å². The Hall–Kier alpha value is -1.08. The van der Waals surface area contributed by atoms with E-state index in [4.69, 9.17) is 11.6 Å². The Kier molecular flexibility index (Phi) is 1.96. The van der Waals surface area contributed by atoms with Gasteiger partial charge >= 0.3 is 0 Å². The van der Waals surface area contributed by atoms with E-state index in [0.29, 0.717) is 0 Å². The minimum atomic E-state index is 0.801. The molecular weight excluding hydrogens is 170 g/mol. The Bertz CT molecular complexity index is 398. The summed E-state index contributed by atoms with van der Waals surface area (Å²) in [6.45, 7) is 0. The van der Waals surface area contributed by atoms with Crippen LogP contribution in [0.5, 0.6) is 0 Å². The normalized spacial score (nSPS) is 10.4. The second-order valence-corrected chi connectivity index (χ2v) is 2.76. The van der Waals surface area contributed by atoms with Gasteiger partial charge in [-0.2, -0.15) is 0 Å². The molecule has 1 heterocycles. The van der Waals surface area contributed by atoms with Crippen molar-refractivity contribution in [2.45, 2.75) is 0 Å². The van der Waals surface area contributed by atoms with Gasteiger partial charge in [0.15, 0.2) is 0 Å². The van der Waals surface area contributed by atoms with Gasteiger partial charge in [0.25, 0.3) is 0 Å². The van der Waals surface area contributed by atoms with Crippen molar-refractivity contribution in [3.8, 4) is 0 Å². The summed E-state index contributed by atoms with van der Waals surface area (Å²) >= 11 is 5.54. The lowest BCUT2D eigenvalue weighted by atomic mass is 10.2. The van der Waals surface area contributed by atoms with E-state index in [2.05, 4.69) is 4.98 Å². The van der Waals surface area contributed by atoms with Crippen molar-refractivity contribution in [3.05, 3.63) is 48.0 Å². The van der Waals surface area contributed by atoms with Crippen molar-refractivity contribution in [2.75, 3.05) is 0 Å². The summed E-state index contributed by atoms with van der Waals surface area (Å²) in [5.74, 6) is 1.48. The Labute approximate surface area is 76.0 Å². The van der Waals surface area contributed by atoms with Crippen molar-refractivity contribution < 1.29 is 0 Å². The van der Waals surface area contributed by atoms with Gasteiger partial charge in [0.05, 0.1) is 17.1 Å². The molecule has 1 aromatic carbocycles.